The molecule has 1 atom stereocenters. The lowest BCUT2D eigenvalue weighted by molar-refractivity contribution is -0.384. The van der Waals surface area contributed by atoms with Gasteiger partial charge in [-0.15, -0.1) is 11.8 Å². The zero-order valence-electron chi connectivity index (χ0n) is 12.7. The standard InChI is InChI=1S/C13H18N4O4S2/c1-9(7-21-2)14-13(22)16-15-12(18)8-23-11-5-3-10(4-6-11)17(19)20/h3-6,9H,7-8H2,1-2H3,(H,15,18)(H2,14,16,22)/t9-/m1/s1. The first-order valence-corrected chi connectivity index (χ1v) is 8.03. The predicted octanol–water partition coefficient (Wildman–Crippen LogP) is 1.22. The van der Waals surface area contributed by atoms with Crippen molar-refractivity contribution in [2.24, 2.45) is 0 Å². The van der Waals surface area contributed by atoms with Gasteiger partial charge in [-0.05, 0) is 31.3 Å². The Morgan fingerprint density at radius 3 is 2.61 bits per heavy atom. The Morgan fingerprint density at radius 2 is 2.04 bits per heavy atom. The van der Waals surface area contributed by atoms with Crippen molar-refractivity contribution in [3.8, 4) is 0 Å². The fourth-order valence-corrected chi connectivity index (χ4v) is 2.48. The highest BCUT2D eigenvalue weighted by Crippen LogP contribution is 2.20. The number of hydrazine groups is 1. The van der Waals surface area contributed by atoms with Crippen LogP contribution in [-0.2, 0) is 9.53 Å². The predicted molar refractivity (Wildman–Crippen MR) is 92.2 cm³/mol. The fourth-order valence-electron chi connectivity index (χ4n) is 1.53. The van der Waals surface area contributed by atoms with E-state index in [-0.39, 0.29) is 23.4 Å². The van der Waals surface area contributed by atoms with Gasteiger partial charge in [0.15, 0.2) is 5.11 Å². The highest BCUT2D eigenvalue weighted by Gasteiger charge is 2.07. The number of nitro groups is 1. The van der Waals surface area contributed by atoms with E-state index in [2.05, 4.69) is 16.2 Å². The third-order valence-corrected chi connectivity index (χ3v) is 3.76. The summed E-state index contributed by atoms with van der Waals surface area (Å²) in [4.78, 5) is 22.5. The highest BCUT2D eigenvalue weighted by molar-refractivity contribution is 8.00. The lowest BCUT2D eigenvalue weighted by Crippen LogP contribution is -2.50. The molecule has 0 heterocycles. The van der Waals surface area contributed by atoms with Crippen LogP contribution in [0.4, 0.5) is 5.69 Å². The molecular formula is C13H18N4O4S2. The van der Waals surface area contributed by atoms with Gasteiger partial charge in [-0.25, -0.2) is 0 Å². The van der Waals surface area contributed by atoms with E-state index >= 15 is 0 Å². The quantitative estimate of drug-likeness (QED) is 0.289. The molecule has 0 aromatic heterocycles. The van der Waals surface area contributed by atoms with E-state index in [0.29, 0.717) is 11.7 Å². The third-order valence-electron chi connectivity index (χ3n) is 2.53. The van der Waals surface area contributed by atoms with E-state index in [0.717, 1.165) is 4.90 Å². The van der Waals surface area contributed by atoms with Crippen molar-refractivity contribution in [2.45, 2.75) is 17.9 Å². The molecule has 1 rings (SSSR count). The number of nitrogens with one attached hydrogen (secondary N) is 3. The van der Waals surface area contributed by atoms with Gasteiger partial charge in [0.2, 0.25) is 5.91 Å². The normalized spacial score (nSPS) is 11.4. The molecule has 0 aliphatic heterocycles. The minimum absolute atomic E-state index is 0.0158. The molecule has 0 saturated heterocycles. The molecule has 0 unspecified atom stereocenters. The molecule has 0 fully saturated rings. The number of amides is 1. The van der Waals surface area contributed by atoms with Crippen molar-refractivity contribution in [1.29, 1.82) is 0 Å². The molecule has 10 heteroatoms. The monoisotopic (exact) mass is 358 g/mol. The number of carbonyl (C=O) groups excluding carboxylic acids is 1. The molecule has 0 saturated carbocycles. The number of thioether (sulfide) groups is 1. The maximum atomic E-state index is 11.7. The third kappa shape index (κ3) is 7.77. The summed E-state index contributed by atoms with van der Waals surface area (Å²) in [5.74, 6) is -0.113. The second-order valence-corrected chi connectivity index (χ2v) is 6.00. The van der Waals surface area contributed by atoms with Crippen LogP contribution in [-0.4, -0.2) is 41.5 Å². The number of hydrogen-bond acceptors (Lipinski definition) is 6. The Kier molecular flexibility index (Phi) is 8.30. The highest BCUT2D eigenvalue weighted by atomic mass is 32.2. The smallest absolute Gasteiger partial charge is 0.269 e. The first kappa shape index (κ1) is 19.1. The maximum absolute atomic E-state index is 11.7. The first-order valence-electron chi connectivity index (χ1n) is 6.64. The maximum Gasteiger partial charge on any atom is 0.269 e. The van der Waals surface area contributed by atoms with Gasteiger partial charge in [0.1, 0.15) is 0 Å². The molecule has 23 heavy (non-hydrogen) atoms. The summed E-state index contributed by atoms with van der Waals surface area (Å²) < 4.78 is 4.96. The number of methoxy groups -OCH3 is 1. The molecular weight excluding hydrogens is 340 g/mol. The van der Waals surface area contributed by atoms with Crippen molar-refractivity contribution < 1.29 is 14.5 Å². The van der Waals surface area contributed by atoms with Crippen molar-refractivity contribution in [2.75, 3.05) is 19.5 Å². The van der Waals surface area contributed by atoms with Crippen molar-refractivity contribution in [1.82, 2.24) is 16.2 Å². The number of benzene rings is 1. The number of nitrogens with zero attached hydrogens (tertiary/aromatic N) is 1. The Hall–Kier alpha value is -1.91. The number of hydrogen-bond donors (Lipinski definition) is 3. The Balaban J connectivity index is 2.28. The lowest BCUT2D eigenvalue weighted by Gasteiger charge is -2.16. The zero-order valence-corrected chi connectivity index (χ0v) is 14.3. The molecule has 0 spiro atoms. The van der Waals surface area contributed by atoms with Crippen LogP contribution in [0, 0.1) is 10.1 Å². The van der Waals surface area contributed by atoms with Crippen LogP contribution in [0.5, 0.6) is 0 Å². The SMILES string of the molecule is COC[C@@H](C)NC(=S)NNC(=O)CSc1ccc([N+](=O)[O-])cc1. The van der Waals surface area contributed by atoms with Gasteiger partial charge < -0.3 is 10.1 Å². The van der Waals surface area contributed by atoms with Crippen LogP contribution >= 0.6 is 24.0 Å². The van der Waals surface area contributed by atoms with Gasteiger partial charge >= 0.3 is 0 Å². The molecule has 0 bridgehead atoms. The second kappa shape index (κ2) is 9.98. The summed E-state index contributed by atoms with van der Waals surface area (Å²) in [6.07, 6.45) is 0. The molecule has 3 N–H and O–H groups in total. The van der Waals surface area contributed by atoms with E-state index in [1.54, 1.807) is 19.2 Å². The van der Waals surface area contributed by atoms with E-state index in [1.165, 1.54) is 23.9 Å². The van der Waals surface area contributed by atoms with Crippen LogP contribution in [0.2, 0.25) is 0 Å². The average Bonchev–Trinajstić information content (AvgIpc) is 2.51. The van der Waals surface area contributed by atoms with E-state index < -0.39 is 4.92 Å². The van der Waals surface area contributed by atoms with Crippen LogP contribution in [0.25, 0.3) is 0 Å². The Morgan fingerprint density at radius 1 is 1.39 bits per heavy atom. The second-order valence-electron chi connectivity index (χ2n) is 4.54. The van der Waals surface area contributed by atoms with Crippen molar-refractivity contribution >= 4 is 40.7 Å². The van der Waals surface area contributed by atoms with Crippen molar-refractivity contribution in [3.63, 3.8) is 0 Å². The number of nitro benzene ring substituents is 1. The van der Waals surface area contributed by atoms with Crippen LogP contribution in [0.3, 0.4) is 0 Å². The van der Waals surface area contributed by atoms with Gasteiger partial charge in [0.05, 0.1) is 17.3 Å². The van der Waals surface area contributed by atoms with Crippen molar-refractivity contribution in [3.05, 3.63) is 34.4 Å². The fraction of sp³-hybridized carbons (Fsp3) is 0.385. The van der Waals surface area contributed by atoms with Gasteiger partial charge in [0, 0.05) is 30.2 Å². The largest absolute Gasteiger partial charge is 0.383 e. The molecule has 0 radical (unpaired) electrons. The first-order chi connectivity index (χ1) is 10.9. The minimum Gasteiger partial charge on any atom is -0.383 e. The summed E-state index contributed by atoms with van der Waals surface area (Å²) in [6.45, 7) is 2.38. The molecule has 1 aromatic carbocycles. The molecule has 126 valence electrons. The molecule has 8 nitrogen and oxygen atoms in total. The molecule has 1 aromatic rings. The van der Waals surface area contributed by atoms with Gasteiger partial charge in [-0.1, -0.05) is 0 Å². The van der Waals surface area contributed by atoms with Crippen LogP contribution in [0.15, 0.2) is 29.2 Å². The molecule has 1 amide bonds. The lowest BCUT2D eigenvalue weighted by atomic mass is 10.3. The Bertz CT molecular complexity index is 553. The minimum atomic E-state index is -0.469. The zero-order chi connectivity index (χ0) is 17.2. The van der Waals surface area contributed by atoms with E-state index in [4.69, 9.17) is 17.0 Å². The number of thiocarbonyl (C=S) groups is 1. The number of rotatable bonds is 7. The molecule has 0 aliphatic rings. The van der Waals surface area contributed by atoms with Crippen LogP contribution < -0.4 is 16.2 Å². The van der Waals surface area contributed by atoms with Gasteiger partial charge in [0.25, 0.3) is 5.69 Å². The summed E-state index contributed by atoms with van der Waals surface area (Å²) in [5.41, 5.74) is 5.08. The summed E-state index contributed by atoms with van der Waals surface area (Å²) in [5, 5.41) is 13.8. The number of non-ortho nitro benzene ring substituents is 1. The van der Waals surface area contributed by atoms with E-state index in [1.807, 2.05) is 6.92 Å². The summed E-state index contributed by atoms with van der Waals surface area (Å²) in [7, 11) is 1.59. The molecule has 0 aliphatic carbocycles. The van der Waals surface area contributed by atoms with Gasteiger partial charge in [-0.3, -0.25) is 25.8 Å². The number of carbonyl (C=O) groups is 1. The Labute approximate surface area is 143 Å². The number of ether oxygens (including phenoxy) is 1. The van der Waals surface area contributed by atoms with Crippen LogP contribution in [0.1, 0.15) is 6.92 Å². The van der Waals surface area contributed by atoms with Gasteiger partial charge in [-0.2, -0.15) is 0 Å². The summed E-state index contributed by atoms with van der Waals surface area (Å²) in [6, 6.07) is 6.01. The van der Waals surface area contributed by atoms with E-state index in [9.17, 15) is 14.9 Å². The average molecular weight is 358 g/mol. The summed E-state index contributed by atoms with van der Waals surface area (Å²) >= 11 is 6.28. The topological polar surface area (TPSA) is 106 Å².